The highest BCUT2D eigenvalue weighted by Crippen LogP contribution is 2.17. The van der Waals surface area contributed by atoms with E-state index in [1.54, 1.807) is 6.92 Å². The largest absolute Gasteiger partial charge is 0.469 e. The first-order valence-corrected chi connectivity index (χ1v) is 6.19. The van der Waals surface area contributed by atoms with Crippen LogP contribution in [-0.2, 0) is 14.3 Å². The molecule has 0 rings (SSSR count). The van der Waals surface area contributed by atoms with Gasteiger partial charge in [0.15, 0.2) is 0 Å². The first kappa shape index (κ1) is 15.1. The van der Waals surface area contributed by atoms with Gasteiger partial charge < -0.3 is 9.53 Å². The van der Waals surface area contributed by atoms with Gasteiger partial charge in [-0.15, -0.1) is 0 Å². The SMILES string of the molecule is CCCCCCC(CCC(C)=O)C(=O)OC. The highest BCUT2D eigenvalue weighted by atomic mass is 16.5. The van der Waals surface area contributed by atoms with Gasteiger partial charge in [0.1, 0.15) is 5.78 Å². The number of methoxy groups -OCH3 is 1. The normalized spacial score (nSPS) is 12.2. The van der Waals surface area contributed by atoms with Crippen molar-refractivity contribution in [3.63, 3.8) is 0 Å². The standard InChI is InChI=1S/C13H24O3/c1-4-5-6-7-8-12(13(15)16-3)10-9-11(2)14/h12H,4-10H2,1-3H3. The summed E-state index contributed by atoms with van der Waals surface area (Å²) in [5, 5.41) is 0. The number of hydrogen-bond acceptors (Lipinski definition) is 3. The maximum Gasteiger partial charge on any atom is 0.308 e. The molecule has 3 heteroatoms. The average Bonchev–Trinajstić information content (AvgIpc) is 2.27. The molecule has 1 unspecified atom stereocenters. The number of unbranched alkanes of at least 4 members (excludes halogenated alkanes) is 3. The van der Waals surface area contributed by atoms with E-state index in [-0.39, 0.29) is 17.7 Å². The van der Waals surface area contributed by atoms with Crippen molar-refractivity contribution in [2.75, 3.05) is 7.11 Å². The zero-order valence-electron chi connectivity index (χ0n) is 10.8. The average molecular weight is 228 g/mol. The van der Waals surface area contributed by atoms with E-state index in [2.05, 4.69) is 6.92 Å². The molecule has 0 saturated heterocycles. The van der Waals surface area contributed by atoms with Gasteiger partial charge in [0, 0.05) is 6.42 Å². The van der Waals surface area contributed by atoms with Crippen LogP contribution in [0.2, 0.25) is 0 Å². The summed E-state index contributed by atoms with van der Waals surface area (Å²) in [6.07, 6.45) is 6.56. The molecular formula is C13H24O3. The first-order valence-electron chi connectivity index (χ1n) is 6.19. The molecule has 0 aromatic carbocycles. The lowest BCUT2D eigenvalue weighted by molar-refractivity contribution is -0.146. The van der Waals surface area contributed by atoms with Crippen molar-refractivity contribution in [1.29, 1.82) is 0 Å². The maximum atomic E-state index is 11.5. The van der Waals surface area contributed by atoms with Crippen molar-refractivity contribution in [3.8, 4) is 0 Å². The predicted octanol–water partition coefficient (Wildman–Crippen LogP) is 3.12. The minimum absolute atomic E-state index is 0.0919. The van der Waals surface area contributed by atoms with Crippen LogP contribution in [0.25, 0.3) is 0 Å². The van der Waals surface area contributed by atoms with Crippen molar-refractivity contribution in [3.05, 3.63) is 0 Å². The van der Waals surface area contributed by atoms with Gasteiger partial charge in [-0.25, -0.2) is 0 Å². The van der Waals surface area contributed by atoms with E-state index in [0.717, 1.165) is 19.3 Å². The molecule has 0 N–H and O–H groups in total. The number of carbonyl (C=O) groups excluding carboxylic acids is 2. The van der Waals surface area contributed by atoms with E-state index < -0.39 is 0 Å². The minimum atomic E-state index is -0.169. The van der Waals surface area contributed by atoms with Crippen LogP contribution in [0.3, 0.4) is 0 Å². The smallest absolute Gasteiger partial charge is 0.308 e. The molecule has 0 saturated carbocycles. The third-order valence-corrected chi connectivity index (χ3v) is 2.79. The fourth-order valence-electron chi connectivity index (χ4n) is 1.74. The summed E-state index contributed by atoms with van der Waals surface area (Å²) in [7, 11) is 1.41. The van der Waals surface area contributed by atoms with E-state index in [9.17, 15) is 9.59 Å². The van der Waals surface area contributed by atoms with E-state index >= 15 is 0 Å². The Kier molecular flexibility index (Phi) is 8.87. The number of esters is 1. The Labute approximate surface area is 98.6 Å². The molecule has 0 radical (unpaired) electrons. The molecule has 16 heavy (non-hydrogen) atoms. The quantitative estimate of drug-likeness (QED) is 0.450. The third kappa shape index (κ3) is 7.43. The zero-order valence-corrected chi connectivity index (χ0v) is 10.8. The van der Waals surface area contributed by atoms with Gasteiger partial charge in [-0.1, -0.05) is 32.6 Å². The van der Waals surface area contributed by atoms with Gasteiger partial charge >= 0.3 is 5.97 Å². The molecule has 0 aromatic heterocycles. The van der Waals surface area contributed by atoms with Crippen molar-refractivity contribution >= 4 is 11.8 Å². The summed E-state index contributed by atoms with van der Waals surface area (Å²) in [5.41, 5.74) is 0. The van der Waals surface area contributed by atoms with Crippen molar-refractivity contribution in [2.45, 2.75) is 58.8 Å². The molecule has 0 amide bonds. The fourth-order valence-corrected chi connectivity index (χ4v) is 1.74. The van der Waals surface area contributed by atoms with Gasteiger partial charge in [-0.3, -0.25) is 4.79 Å². The second-order valence-corrected chi connectivity index (χ2v) is 4.31. The van der Waals surface area contributed by atoms with Crippen LogP contribution in [0.1, 0.15) is 58.8 Å². The van der Waals surface area contributed by atoms with E-state index in [1.165, 1.54) is 20.0 Å². The van der Waals surface area contributed by atoms with Crippen LogP contribution in [0.15, 0.2) is 0 Å². The van der Waals surface area contributed by atoms with Gasteiger partial charge in [0.25, 0.3) is 0 Å². The molecule has 94 valence electrons. The van der Waals surface area contributed by atoms with Crippen LogP contribution < -0.4 is 0 Å². The van der Waals surface area contributed by atoms with E-state index in [0.29, 0.717) is 12.8 Å². The van der Waals surface area contributed by atoms with Crippen LogP contribution >= 0.6 is 0 Å². The summed E-state index contributed by atoms with van der Waals surface area (Å²) in [6, 6.07) is 0. The zero-order chi connectivity index (χ0) is 12.4. The third-order valence-electron chi connectivity index (χ3n) is 2.79. The van der Waals surface area contributed by atoms with Crippen LogP contribution in [0, 0.1) is 5.92 Å². The fraction of sp³-hybridized carbons (Fsp3) is 0.846. The molecule has 0 fully saturated rings. The Bertz CT molecular complexity index is 211. The molecule has 0 aliphatic carbocycles. The molecular weight excluding hydrogens is 204 g/mol. The van der Waals surface area contributed by atoms with Crippen molar-refractivity contribution in [2.24, 2.45) is 5.92 Å². The summed E-state index contributed by atoms with van der Waals surface area (Å²) in [6.45, 7) is 3.72. The van der Waals surface area contributed by atoms with Gasteiger partial charge in [-0.2, -0.15) is 0 Å². The molecule has 0 aliphatic heterocycles. The van der Waals surface area contributed by atoms with Gasteiger partial charge in [0.2, 0.25) is 0 Å². The Hall–Kier alpha value is -0.860. The molecule has 0 bridgehead atoms. The molecule has 0 aromatic rings. The van der Waals surface area contributed by atoms with E-state index in [1.807, 2.05) is 0 Å². The number of Topliss-reactive ketones (excluding diaryl/α,β-unsaturated/α-hetero) is 1. The highest BCUT2D eigenvalue weighted by molar-refractivity contribution is 5.77. The summed E-state index contributed by atoms with van der Waals surface area (Å²) < 4.78 is 4.75. The van der Waals surface area contributed by atoms with Crippen molar-refractivity contribution in [1.82, 2.24) is 0 Å². The number of rotatable bonds is 9. The lowest BCUT2D eigenvalue weighted by Crippen LogP contribution is -2.17. The molecule has 0 heterocycles. The molecule has 0 aliphatic rings. The monoisotopic (exact) mass is 228 g/mol. The topological polar surface area (TPSA) is 43.4 Å². The minimum Gasteiger partial charge on any atom is -0.469 e. The van der Waals surface area contributed by atoms with Gasteiger partial charge in [0.05, 0.1) is 13.0 Å². The Morgan fingerprint density at radius 3 is 2.31 bits per heavy atom. The number of carbonyl (C=O) groups is 2. The molecule has 0 spiro atoms. The Balaban J connectivity index is 3.90. The Morgan fingerprint density at radius 1 is 1.12 bits per heavy atom. The second-order valence-electron chi connectivity index (χ2n) is 4.31. The Morgan fingerprint density at radius 2 is 1.81 bits per heavy atom. The summed E-state index contributed by atoms with van der Waals surface area (Å²) >= 11 is 0. The maximum absolute atomic E-state index is 11.5. The first-order chi connectivity index (χ1) is 7.61. The lowest BCUT2D eigenvalue weighted by atomic mass is 9.95. The molecule has 3 nitrogen and oxygen atoms in total. The number of hydrogen-bond donors (Lipinski definition) is 0. The van der Waals surface area contributed by atoms with Crippen LogP contribution in [-0.4, -0.2) is 18.9 Å². The predicted molar refractivity (Wildman–Crippen MR) is 64.2 cm³/mol. The van der Waals surface area contributed by atoms with E-state index in [4.69, 9.17) is 4.74 Å². The van der Waals surface area contributed by atoms with Crippen LogP contribution in [0.5, 0.6) is 0 Å². The second kappa shape index (κ2) is 9.37. The van der Waals surface area contributed by atoms with Crippen LogP contribution in [0.4, 0.5) is 0 Å². The molecule has 1 atom stereocenters. The number of ether oxygens (including phenoxy) is 1. The summed E-state index contributed by atoms with van der Waals surface area (Å²) in [5.74, 6) is -0.119. The summed E-state index contributed by atoms with van der Waals surface area (Å²) in [4.78, 5) is 22.3. The number of ketones is 1. The highest BCUT2D eigenvalue weighted by Gasteiger charge is 2.18. The van der Waals surface area contributed by atoms with Gasteiger partial charge in [-0.05, 0) is 19.8 Å². The van der Waals surface area contributed by atoms with Crippen molar-refractivity contribution < 1.29 is 14.3 Å². The lowest BCUT2D eigenvalue weighted by Gasteiger charge is -2.13.